The Morgan fingerprint density at radius 3 is 2.40 bits per heavy atom. The van der Waals surface area contributed by atoms with Crippen molar-refractivity contribution in [2.24, 2.45) is 7.05 Å². The SMILES string of the molecule is COc1ccc(-c2ccc(CO)c(=O)n2C)cc1OC. The van der Waals surface area contributed by atoms with E-state index in [1.54, 1.807) is 39.5 Å². The van der Waals surface area contributed by atoms with E-state index in [1.807, 2.05) is 12.1 Å². The summed E-state index contributed by atoms with van der Waals surface area (Å²) in [4.78, 5) is 12.0. The van der Waals surface area contributed by atoms with E-state index >= 15 is 0 Å². The van der Waals surface area contributed by atoms with Crippen LogP contribution in [0.3, 0.4) is 0 Å². The molecule has 0 saturated carbocycles. The maximum absolute atomic E-state index is 12.0. The highest BCUT2D eigenvalue weighted by Gasteiger charge is 2.10. The van der Waals surface area contributed by atoms with Crippen molar-refractivity contribution in [2.45, 2.75) is 6.61 Å². The minimum atomic E-state index is -0.265. The summed E-state index contributed by atoms with van der Waals surface area (Å²) in [5.74, 6) is 1.23. The van der Waals surface area contributed by atoms with E-state index in [0.717, 1.165) is 11.3 Å². The molecule has 0 aliphatic carbocycles. The summed E-state index contributed by atoms with van der Waals surface area (Å²) >= 11 is 0. The molecule has 106 valence electrons. The third kappa shape index (κ3) is 2.40. The lowest BCUT2D eigenvalue weighted by Crippen LogP contribution is -2.22. The van der Waals surface area contributed by atoms with Crippen molar-refractivity contribution >= 4 is 0 Å². The second-order valence-corrected chi connectivity index (χ2v) is 4.34. The number of methoxy groups -OCH3 is 2. The number of aromatic nitrogens is 1. The van der Waals surface area contributed by atoms with Gasteiger partial charge in [0.1, 0.15) is 0 Å². The first-order valence-electron chi connectivity index (χ1n) is 6.14. The number of pyridine rings is 1. The van der Waals surface area contributed by atoms with E-state index in [9.17, 15) is 4.79 Å². The zero-order valence-corrected chi connectivity index (χ0v) is 11.7. The number of hydrogen-bond donors (Lipinski definition) is 1. The van der Waals surface area contributed by atoms with Gasteiger partial charge in [-0.25, -0.2) is 0 Å². The average Bonchev–Trinajstić information content (AvgIpc) is 2.49. The minimum Gasteiger partial charge on any atom is -0.493 e. The van der Waals surface area contributed by atoms with Crippen LogP contribution < -0.4 is 15.0 Å². The molecule has 0 unspecified atom stereocenters. The Balaban J connectivity index is 2.57. The molecule has 1 aromatic carbocycles. The summed E-state index contributed by atoms with van der Waals surface area (Å²) in [6.07, 6.45) is 0. The molecular formula is C15H17NO4. The Morgan fingerprint density at radius 1 is 1.10 bits per heavy atom. The van der Waals surface area contributed by atoms with Crippen molar-refractivity contribution in [3.05, 3.63) is 46.2 Å². The van der Waals surface area contributed by atoms with Crippen molar-refractivity contribution in [3.63, 3.8) is 0 Å². The summed E-state index contributed by atoms with van der Waals surface area (Å²) in [6, 6.07) is 8.89. The summed E-state index contributed by atoms with van der Waals surface area (Å²) in [5.41, 5.74) is 1.75. The quantitative estimate of drug-likeness (QED) is 0.920. The Bertz CT molecular complexity index is 676. The van der Waals surface area contributed by atoms with Crippen LogP contribution in [0.25, 0.3) is 11.3 Å². The molecule has 0 atom stereocenters. The first-order chi connectivity index (χ1) is 9.62. The first-order valence-corrected chi connectivity index (χ1v) is 6.14. The highest BCUT2D eigenvalue weighted by atomic mass is 16.5. The van der Waals surface area contributed by atoms with E-state index in [1.165, 1.54) is 4.57 Å². The minimum absolute atomic E-state index is 0.209. The van der Waals surface area contributed by atoms with Gasteiger partial charge in [-0.3, -0.25) is 4.79 Å². The van der Waals surface area contributed by atoms with Crippen molar-refractivity contribution in [2.75, 3.05) is 14.2 Å². The zero-order valence-electron chi connectivity index (χ0n) is 11.7. The lowest BCUT2D eigenvalue weighted by Gasteiger charge is -2.13. The van der Waals surface area contributed by atoms with Gasteiger partial charge in [-0.2, -0.15) is 0 Å². The normalized spacial score (nSPS) is 10.4. The number of nitrogens with zero attached hydrogens (tertiary/aromatic N) is 1. The van der Waals surface area contributed by atoms with Crippen molar-refractivity contribution in [3.8, 4) is 22.8 Å². The molecule has 0 aliphatic heterocycles. The van der Waals surface area contributed by atoms with Crippen LogP contribution in [0.4, 0.5) is 0 Å². The van der Waals surface area contributed by atoms with E-state index in [-0.39, 0.29) is 12.2 Å². The molecular weight excluding hydrogens is 258 g/mol. The monoisotopic (exact) mass is 275 g/mol. The molecule has 0 amide bonds. The topological polar surface area (TPSA) is 60.7 Å². The number of hydrogen-bond acceptors (Lipinski definition) is 4. The fraction of sp³-hybridized carbons (Fsp3) is 0.267. The maximum Gasteiger partial charge on any atom is 0.256 e. The van der Waals surface area contributed by atoms with Gasteiger partial charge in [0, 0.05) is 18.2 Å². The lowest BCUT2D eigenvalue weighted by molar-refractivity contribution is 0.279. The van der Waals surface area contributed by atoms with Gasteiger partial charge in [-0.1, -0.05) is 0 Å². The molecule has 5 heteroatoms. The Hall–Kier alpha value is -2.27. The average molecular weight is 275 g/mol. The van der Waals surface area contributed by atoms with E-state index in [0.29, 0.717) is 17.1 Å². The second-order valence-electron chi connectivity index (χ2n) is 4.34. The summed E-state index contributed by atoms with van der Waals surface area (Å²) in [5, 5.41) is 9.10. The number of aliphatic hydroxyl groups excluding tert-OH is 1. The summed E-state index contributed by atoms with van der Waals surface area (Å²) < 4.78 is 12.0. The number of aliphatic hydroxyl groups is 1. The van der Waals surface area contributed by atoms with Crippen LogP contribution in [0.15, 0.2) is 35.1 Å². The predicted molar refractivity (Wildman–Crippen MR) is 76.1 cm³/mol. The van der Waals surface area contributed by atoms with Crippen LogP contribution in [-0.4, -0.2) is 23.9 Å². The van der Waals surface area contributed by atoms with Gasteiger partial charge in [-0.15, -0.1) is 0 Å². The fourth-order valence-electron chi connectivity index (χ4n) is 2.09. The first kappa shape index (κ1) is 14.1. The highest BCUT2D eigenvalue weighted by Crippen LogP contribution is 2.31. The number of benzene rings is 1. The highest BCUT2D eigenvalue weighted by molar-refractivity contribution is 5.64. The fourth-order valence-corrected chi connectivity index (χ4v) is 2.09. The molecule has 2 aromatic rings. The Kier molecular flexibility index (Phi) is 4.10. The molecule has 1 N–H and O–H groups in total. The van der Waals surface area contributed by atoms with Gasteiger partial charge in [0.15, 0.2) is 11.5 Å². The Labute approximate surface area is 117 Å². The molecule has 0 fully saturated rings. The van der Waals surface area contributed by atoms with E-state index in [4.69, 9.17) is 14.6 Å². The number of ether oxygens (including phenoxy) is 2. The van der Waals surface area contributed by atoms with Gasteiger partial charge >= 0.3 is 0 Å². The van der Waals surface area contributed by atoms with Crippen LogP contribution in [0.1, 0.15) is 5.56 Å². The molecule has 0 spiro atoms. The Morgan fingerprint density at radius 2 is 1.80 bits per heavy atom. The third-order valence-electron chi connectivity index (χ3n) is 3.23. The summed E-state index contributed by atoms with van der Waals surface area (Å²) in [6.45, 7) is -0.265. The molecule has 5 nitrogen and oxygen atoms in total. The lowest BCUT2D eigenvalue weighted by atomic mass is 10.1. The van der Waals surface area contributed by atoms with Crippen molar-refractivity contribution in [1.29, 1.82) is 0 Å². The van der Waals surface area contributed by atoms with Crippen molar-refractivity contribution in [1.82, 2.24) is 4.57 Å². The molecule has 0 saturated heterocycles. The largest absolute Gasteiger partial charge is 0.493 e. The zero-order chi connectivity index (χ0) is 14.7. The van der Waals surface area contributed by atoms with Gasteiger partial charge in [0.25, 0.3) is 5.56 Å². The van der Waals surface area contributed by atoms with Gasteiger partial charge in [-0.05, 0) is 30.3 Å². The molecule has 1 aromatic heterocycles. The van der Waals surface area contributed by atoms with E-state index in [2.05, 4.69) is 0 Å². The third-order valence-corrected chi connectivity index (χ3v) is 3.23. The van der Waals surface area contributed by atoms with Crippen LogP contribution in [0.5, 0.6) is 11.5 Å². The van der Waals surface area contributed by atoms with Gasteiger partial charge < -0.3 is 19.1 Å². The second kappa shape index (κ2) is 5.79. The van der Waals surface area contributed by atoms with Gasteiger partial charge in [0.05, 0.1) is 26.5 Å². The van der Waals surface area contributed by atoms with Crippen LogP contribution in [-0.2, 0) is 13.7 Å². The predicted octanol–water partition coefficient (Wildman–Crippen LogP) is 1.56. The van der Waals surface area contributed by atoms with Gasteiger partial charge in [0.2, 0.25) is 0 Å². The van der Waals surface area contributed by atoms with Crippen LogP contribution >= 0.6 is 0 Å². The smallest absolute Gasteiger partial charge is 0.256 e. The van der Waals surface area contributed by atoms with Crippen molar-refractivity contribution < 1.29 is 14.6 Å². The standard InChI is InChI=1S/C15H17NO4/c1-16-12(6-4-11(9-17)15(16)18)10-5-7-13(19-2)14(8-10)20-3/h4-8,17H,9H2,1-3H3. The number of rotatable bonds is 4. The molecule has 0 radical (unpaired) electrons. The molecule has 20 heavy (non-hydrogen) atoms. The molecule has 2 rings (SSSR count). The maximum atomic E-state index is 12.0. The molecule has 0 aliphatic rings. The molecule has 0 bridgehead atoms. The molecule has 1 heterocycles. The van der Waals surface area contributed by atoms with Crippen LogP contribution in [0.2, 0.25) is 0 Å². The van der Waals surface area contributed by atoms with E-state index < -0.39 is 0 Å². The summed E-state index contributed by atoms with van der Waals surface area (Å²) in [7, 11) is 4.81. The van der Waals surface area contributed by atoms with Crippen LogP contribution in [0, 0.1) is 0 Å².